The van der Waals surface area contributed by atoms with E-state index in [0.717, 1.165) is 18.3 Å². The van der Waals surface area contributed by atoms with Crippen LogP contribution in [-0.4, -0.2) is 4.57 Å². The molecule has 1 aromatic heterocycles. The van der Waals surface area contributed by atoms with Crippen molar-refractivity contribution in [3.05, 3.63) is 23.0 Å². The maximum atomic E-state index is 6.48. The molecule has 0 bridgehead atoms. The van der Waals surface area contributed by atoms with Crippen molar-refractivity contribution in [2.75, 3.05) is 0 Å². The largest absolute Gasteiger partial charge is 0.345 e. The normalized spacial score (nSPS) is 35.5. The van der Waals surface area contributed by atoms with E-state index in [2.05, 4.69) is 45.3 Å². The lowest BCUT2D eigenvalue weighted by Gasteiger charge is -2.39. The third kappa shape index (κ3) is 2.67. The van der Waals surface area contributed by atoms with Crippen molar-refractivity contribution in [2.24, 2.45) is 23.0 Å². The summed E-state index contributed by atoms with van der Waals surface area (Å²) in [5, 5.41) is 0. The van der Waals surface area contributed by atoms with E-state index in [1.165, 1.54) is 36.9 Å². The van der Waals surface area contributed by atoms with Crippen LogP contribution in [0.15, 0.2) is 6.07 Å². The third-order valence-corrected chi connectivity index (χ3v) is 5.90. The molecule has 1 aromatic rings. The molecule has 2 nitrogen and oxygen atoms in total. The lowest BCUT2D eigenvalue weighted by atomic mass is 9.74. The Morgan fingerprint density at radius 1 is 1.24 bits per heavy atom. The smallest absolute Gasteiger partial charge is 0.0361 e. The topological polar surface area (TPSA) is 30.9 Å². The Hall–Kier alpha value is -0.760. The van der Waals surface area contributed by atoms with Crippen LogP contribution in [0.25, 0.3) is 0 Å². The van der Waals surface area contributed by atoms with Gasteiger partial charge < -0.3 is 10.3 Å². The summed E-state index contributed by atoms with van der Waals surface area (Å²) in [4.78, 5) is 0. The Morgan fingerprint density at radius 3 is 2.62 bits per heavy atom. The molecule has 1 saturated carbocycles. The Morgan fingerprint density at radius 2 is 1.95 bits per heavy atom. The van der Waals surface area contributed by atoms with Crippen molar-refractivity contribution in [3.63, 3.8) is 0 Å². The molecule has 2 heteroatoms. The van der Waals surface area contributed by atoms with E-state index < -0.39 is 0 Å². The minimum atomic E-state index is 0.224. The van der Waals surface area contributed by atoms with Gasteiger partial charge in [0, 0.05) is 23.5 Å². The van der Waals surface area contributed by atoms with E-state index in [4.69, 9.17) is 5.73 Å². The van der Waals surface area contributed by atoms with E-state index in [9.17, 15) is 0 Å². The first-order chi connectivity index (χ1) is 9.78. The molecule has 0 aromatic carbocycles. The predicted molar refractivity (Wildman–Crippen MR) is 89.4 cm³/mol. The summed E-state index contributed by atoms with van der Waals surface area (Å²) in [5.41, 5.74) is 11.2. The van der Waals surface area contributed by atoms with Gasteiger partial charge in [0.15, 0.2) is 0 Å². The zero-order chi connectivity index (χ0) is 15.4. The lowest BCUT2D eigenvalue weighted by Crippen LogP contribution is -2.33. The van der Waals surface area contributed by atoms with Gasteiger partial charge >= 0.3 is 0 Å². The van der Waals surface area contributed by atoms with Gasteiger partial charge in [0.2, 0.25) is 0 Å². The van der Waals surface area contributed by atoms with Crippen LogP contribution < -0.4 is 5.73 Å². The second kappa shape index (κ2) is 5.15. The van der Waals surface area contributed by atoms with E-state index >= 15 is 0 Å². The molecular weight excluding hydrogens is 256 g/mol. The zero-order valence-electron chi connectivity index (χ0n) is 14.4. The molecule has 0 radical (unpaired) electrons. The van der Waals surface area contributed by atoms with Gasteiger partial charge in [0.05, 0.1) is 0 Å². The van der Waals surface area contributed by atoms with Crippen LogP contribution >= 0.6 is 0 Å². The fourth-order valence-corrected chi connectivity index (χ4v) is 4.96. The number of hydrogen-bond donors (Lipinski definition) is 1. The van der Waals surface area contributed by atoms with Crippen molar-refractivity contribution >= 4 is 0 Å². The highest BCUT2D eigenvalue weighted by Gasteiger charge is 2.36. The summed E-state index contributed by atoms with van der Waals surface area (Å²) < 4.78 is 2.67. The van der Waals surface area contributed by atoms with Crippen molar-refractivity contribution in [2.45, 2.75) is 78.8 Å². The molecular formula is C19H32N2. The van der Waals surface area contributed by atoms with Gasteiger partial charge in [0.25, 0.3) is 0 Å². The molecule has 1 heterocycles. The van der Waals surface area contributed by atoms with Gasteiger partial charge in [-0.1, -0.05) is 27.7 Å². The Balaban J connectivity index is 2.00. The lowest BCUT2D eigenvalue weighted by molar-refractivity contribution is 0.194. The summed E-state index contributed by atoms with van der Waals surface area (Å²) >= 11 is 0. The number of rotatable bonds is 1. The molecule has 4 atom stereocenters. The number of aromatic nitrogens is 1. The van der Waals surface area contributed by atoms with E-state index in [0.29, 0.717) is 11.5 Å². The zero-order valence-corrected chi connectivity index (χ0v) is 14.4. The number of fused-ring (bicyclic) bond motifs is 1. The molecule has 0 saturated heterocycles. The summed E-state index contributed by atoms with van der Waals surface area (Å²) in [7, 11) is 0. The maximum absolute atomic E-state index is 6.48. The summed E-state index contributed by atoms with van der Waals surface area (Å²) in [6.45, 7) is 11.9. The number of nitrogens with zero attached hydrogens (tertiary/aromatic N) is 1. The van der Waals surface area contributed by atoms with Crippen LogP contribution in [0.4, 0.5) is 0 Å². The summed E-state index contributed by atoms with van der Waals surface area (Å²) in [5.74, 6) is 1.67. The van der Waals surface area contributed by atoms with Crippen molar-refractivity contribution in [1.82, 2.24) is 4.57 Å². The fraction of sp³-hybridized carbons (Fsp3) is 0.789. The van der Waals surface area contributed by atoms with Gasteiger partial charge in [-0.05, 0) is 67.9 Å². The monoisotopic (exact) mass is 288 g/mol. The molecule has 3 rings (SSSR count). The summed E-state index contributed by atoms with van der Waals surface area (Å²) in [6.07, 6.45) is 6.37. The first-order valence-corrected chi connectivity index (χ1v) is 8.74. The maximum Gasteiger partial charge on any atom is 0.0361 e. The molecule has 2 aliphatic rings. The van der Waals surface area contributed by atoms with E-state index in [1.807, 2.05) is 0 Å². The second-order valence-corrected chi connectivity index (χ2v) is 8.67. The molecule has 2 aliphatic carbocycles. The second-order valence-electron chi connectivity index (χ2n) is 8.67. The van der Waals surface area contributed by atoms with Crippen LogP contribution in [0.1, 0.15) is 82.4 Å². The number of aryl methyl sites for hydroxylation is 1. The average molecular weight is 288 g/mol. The summed E-state index contributed by atoms with van der Waals surface area (Å²) in [6, 6.07) is 3.28. The highest BCUT2D eigenvalue weighted by Crippen LogP contribution is 2.45. The molecule has 1 fully saturated rings. The van der Waals surface area contributed by atoms with Crippen LogP contribution in [0.5, 0.6) is 0 Å². The first-order valence-electron chi connectivity index (χ1n) is 8.74. The number of nitrogens with two attached hydrogens (primary N) is 1. The van der Waals surface area contributed by atoms with Crippen LogP contribution in [0.2, 0.25) is 0 Å². The van der Waals surface area contributed by atoms with Gasteiger partial charge in [-0.3, -0.25) is 0 Å². The SMILES string of the molecule is Cc1cc2c(n1C1CCC(C)CC1C)CC(C)(C)CC2N. The van der Waals surface area contributed by atoms with Crippen LogP contribution in [0.3, 0.4) is 0 Å². The van der Waals surface area contributed by atoms with Gasteiger partial charge in [0.1, 0.15) is 0 Å². The molecule has 2 N–H and O–H groups in total. The molecule has 21 heavy (non-hydrogen) atoms. The minimum Gasteiger partial charge on any atom is -0.345 e. The number of hydrogen-bond acceptors (Lipinski definition) is 1. The highest BCUT2D eigenvalue weighted by atomic mass is 15.0. The van der Waals surface area contributed by atoms with Gasteiger partial charge in [-0.25, -0.2) is 0 Å². The first kappa shape index (κ1) is 15.1. The quantitative estimate of drug-likeness (QED) is 0.793. The van der Waals surface area contributed by atoms with Gasteiger partial charge in [-0.2, -0.15) is 0 Å². The van der Waals surface area contributed by atoms with Crippen LogP contribution in [0, 0.1) is 24.2 Å². The van der Waals surface area contributed by atoms with E-state index in [-0.39, 0.29) is 6.04 Å². The van der Waals surface area contributed by atoms with Crippen molar-refractivity contribution < 1.29 is 0 Å². The predicted octanol–water partition coefficient (Wildman–Crippen LogP) is 4.77. The minimum absolute atomic E-state index is 0.224. The molecule has 118 valence electrons. The fourth-order valence-electron chi connectivity index (χ4n) is 4.96. The van der Waals surface area contributed by atoms with Crippen LogP contribution in [-0.2, 0) is 6.42 Å². The Kier molecular flexibility index (Phi) is 3.72. The standard InChI is InChI=1S/C19H32N2/c1-12-6-7-17(13(2)8-12)21-14(3)9-15-16(20)10-19(4,5)11-18(15)21/h9,12-13,16-17H,6-8,10-11,20H2,1-5H3. The van der Waals surface area contributed by atoms with Crippen molar-refractivity contribution in [1.29, 1.82) is 0 Å². The third-order valence-electron chi connectivity index (χ3n) is 5.90. The molecule has 0 aliphatic heterocycles. The molecule has 0 amide bonds. The molecule has 4 unspecified atom stereocenters. The highest BCUT2D eigenvalue weighted by molar-refractivity contribution is 5.34. The van der Waals surface area contributed by atoms with E-state index in [1.54, 1.807) is 5.69 Å². The Labute approximate surface area is 130 Å². The average Bonchev–Trinajstić information content (AvgIpc) is 2.65. The Bertz CT molecular complexity index is 526. The molecule has 0 spiro atoms. The van der Waals surface area contributed by atoms with Crippen molar-refractivity contribution in [3.8, 4) is 0 Å². The van der Waals surface area contributed by atoms with Gasteiger partial charge in [-0.15, -0.1) is 0 Å².